The fourth-order valence-electron chi connectivity index (χ4n) is 2.52. The first-order chi connectivity index (χ1) is 10.8. The number of nitrogens with zero attached hydrogens (tertiary/aromatic N) is 4. The fourth-order valence-corrected chi connectivity index (χ4v) is 2.52. The van der Waals surface area contributed by atoms with Gasteiger partial charge in [0, 0.05) is 6.07 Å². The predicted molar refractivity (Wildman–Crippen MR) is 86.8 cm³/mol. The maximum absolute atomic E-state index is 9.31. The Labute approximate surface area is 127 Å². The molecule has 0 aliphatic rings. The highest BCUT2D eigenvalue weighted by atomic mass is 14.9. The molecule has 0 aliphatic carbocycles. The number of hydrogen-bond acceptors (Lipinski definition) is 2. The van der Waals surface area contributed by atoms with Gasteiger partial charge in [0.1, 0.15) is 0 Å². The van der Waals surface area contributed by atoms with Crippen LogP contribution in [0, 0.1) is 10.8 Å². The highest BCUT2D eigenvalue weighted by molar-refractivity contribution is 5.94. The largest absolute Gasteiger partial charge is 0.486 e. The molecule has 3 aromatic rings. The smallest absolute Gasteiger partial charge is 0.0622 e. The minimum Gasteiger partial charge on any atom is -0.0622 e. The molecule has 0 aliphatic heterocycles. The molecule has 0 amide bonds. The van der Waals surface area contributed by atoms with Crippen LogP contribution in [0.3, 0.4) is 0 Å². The zero-order valence-corrected chi connectivity index (χ0v) is 11.7. The van der Waals surface area contributed by atoms with E-state index in [0.29, 0.717) is 5.56 Å². The Morgan fingerprint density at radius 3 is 1.86 bits per heavy atom. The molecule has 22 heavy (non-hydrogen) atoms. The molecule has 0 heterocycles. The molecule has 4 heteroatoms. The lowest BCUT2D eigenvalue weighted by Gasteiger charge is -2.08. The van der Waals surface area contributed by atoms with E-state index in [-0.39, 0.29) is 11.4 Å². The Kier molecular flexibility index (Phi) is 3.59. The molecule has 0 saturated heterocycles. The number of diazo groups is 2. The van der Waals surface area contributed by atoms with Crippen LogP contribution in [0.2, 0.25) is 0 Å². The fraction of sp³-hybridized carbons (Fsp3) is 0. The van der Waals surface area contributed by atoms with Crippen LogP contribution in [0.15, 0.2) is 72.8 Å². The average Bonchev–Trinajstić information content (AvgIpc) is 2.61. The van der Waals surface area contributed by atoms with Crippen molar-refractivity contribution in [1.29, 1.82) is 10.8 Å². The van der Waals surface area contributed by atoms with Crippen LogP contribution < -0.4 is 0 Å². The molecule has 0 bridgehead atoms. The first-order valence-electron chi connectivity index (χ1n) is 6.83. The van der Waals surface area contributed by atoms with E-state index in [1.165, 1.54) is 0 Å². The Morgan fingerprint density at radius 2 is 1.18 bits per heavy atom. The minimum absolute atomic E-state index is 0.225. The van der Waals surface area contributed by atoms with Crippen LogP contribution >= 0.6 is 0 Å². The number of benzene rings is 3. The molecule has 0 N–H and O–H groups in total. The van der Waals surface area contributed by atoms with Crippen LogP contribution in [0.25, 0.3) is 32.2 Å². The van der Waals surface area contributed by atoms with Crippen molar-refractivity contribution in [2.75, 3.05) is 0 Å². The van der Waals surface area contributed by atoms with Gasteiger partial charge in [-0.05, 0) is 22.8 Å². The normalized spacial score (nSPS) is 9.73. The highest BCUT2D eigenvalue weighted by Crippen LogP contribution is 2.42. The molecule has 0 saturated carbocycles. The van der Waals surface area contributed by atoms with Gasteiger partial charge in [0.15, 0.2) is 9.95 Å². The summed E-state index contributed by atoms with van der Waals surface area (Å²) in [4.78, 5) is 6.47. The summed E-state index contributed by atoms with van der Waals surface area (Å²) in [5.74, 6) is 0. The van der Waals surface area contributed by atoms with Gasteiger partial charge in [-0.3, -0.25) is 0 Å². The summed E-state index contributed by atoms with van der Waals surface area (Å²) in [6.45, 7) is 0. The molecular weight excluding hydrogens is 272 g/mol. The van der Waals surface area contributed by atoms with E-state index in [1.54, 1.807) is 12.1 Å². The second-order valence-electron chi connectivity index (χ2n) is 4.78. The molecule has 3 aromatic carbocycles. The van der Waals surface area contributed by atoms with E-state index in [1.807, 2.05) is 60.7 Å². The van der Waals surface area contributed by atoms with Gasteiger partial charge in [0.05, 0.1) is 5.56 Å². The van der Waals surface area contributed by atoms with Crippen molar-refractivity contribution < 1.29 is 0 Å². The zero-order chi connectivity index (χ0) is 15.4. The molecule has 0 spiro atoms. The molecule has 0 radical (unpaired) electrons. The Morgan fingerprint density at radius 1 is 0.545 bits per heavy atom. The van der Waals surface area contributed by atoms with E-state index < -0.39 is 0 Å². The Bertz CT molecular complexity index is 902. The summed E-state index contributed by atoms with van der Waals surface area (Å²) in [5, 5.41) is 18.4. The van der Waals surface area contributed by atoms with Crippen LogP contribution in [0.1, 0.15) is 0 Å². The summed E-state index contributed by atoms with van der Waals surface area (Å²) in [7, 11) is 0. The van der Waals surface area contributed by atoms with Crippen molar-refractivity contribution >= 4 is 11.4 Å². The topological polar surface area (TPSA) is 56.3 Å². The minimum atomic E-state index is 0.225. The molecule has 4 nitrogen and oxygen atoms in total. The maximum atomic E-state index is 9.31. The first kappa shape index (κ1) is 13.5. The Balaban J connectivity index is 2.28. The third-order valence-corrected chi connectivity index (χ3v) is 3.52. The predicted octanol–water partition coefficient (Wildman–Crippen LogP) is 5.99. The van der Waals surface area contributed by atoms with Crippen molar-refractivity contribution in [3.05, 3.63) is 82.7 Å². The van der Waals surface area contributed by atoms with Crippen molar-refractivity contribution in [3.8, 4) is 22.3 Å². The lowest BCUT2D eigenvalue weighted by molar-refractivity contribution is 1.43. The second kappa shape index (κ2) is 5.87. The first-order valence-corrected chi connectivity index (χ1v) is 6.83. The van der Waals surface area contributed by atoms with Crippen LogP contribution in [0.5, 0.6) is 0 Å². The average molecular weight is 284 g/mol. The van der Waals surface area contributed by atoms with Gasteiger partial charge < -0.3 is 0 Å². The number of hydrogen-bond donors (Lipinski definition) is 0. The van der Waals surface area contributed by atoms with Crippen LogP contribution in [-0.2, 0) is 0 Å². The van der Waals surface area contributed by atoms with Crippen molar-refractivity contribution in [3.63, 3.8) is 0 Å². The summed E-state index contributed by atoms with van der Waals surface area (Å²) < 4.78 is 0. The molecule has 0 aromatic heterocycles. The molecule has 0 fully saturated rings. The molecule has 0 atom stereocenters. The van der Waals surface area contributed by atoms with Crippen molar-refractivity contribution in [2.45, 2.75) is 0 Å². The maximum Gasteiger partial charge on any atom is 0.486 e. The summed E-state index contributed by atoms with van der Waals surface area (Å²) in [6.07, 6.45) is 0. The summed E-state index contributed by atoms with van der Waals surface area (Å²) in [5.41, 5.74) is 4.16. The molecule has 102 valence electrons. The highest BCUT2D eigenvalue weighted by Gasteiger charge is 2.31. The van der Waals surface area contributed by atoms with E-state index in [9.17, 15) is 5.39 Å². The van der Waals surface area contributed by atoms with E-state index in [0.717, 1.165) is 16.7 Å². The second-order valence-corrected chi connectivity index (χ2v) is 4.78. The molecule has 3 rings (SSSR count). The quantitative estimate of drug-likeness (QED) is 0.543. The van der Waals surface area contributed by atoms with Gasteiger partial charge in [0.25, 0.3) is 0 Å². The van der Waals surface area contributed by atoms with E-state index in [2.05, 4.69) is 9.95 Å². The van der Waals surface area contributed by atoms with Gasteiger partial charge in [-0.15, -0.1) is 0 Å². The van der Waals surface area contributed by atoms with Gasteiger partial charge in [-0.1, -0.05) is 60.7 Å². The summed E-state index contributed by atoms with van der Waals surface area (Å²) in [6, 6.07) is 23.0. The van der Waals surface area contributed by atoms with Crippen LogP contribution in [0.4, 0.5) is 11.4 Å². The Hall–Kier alpha value is -3.50. The number of rotatable bonds is 2. The standard InChI is InChI=1S/C18H12N4/c19-21-17-12-6-11-16(18(17)22-20)15-10-5-4-9-14(15)13-7-2-1-3-8-13/h1-12H/q+2. The molecular formula is C18H12N4+2. The van der Waals surface area contributed by atoms with E-state index >= 15 is 0 Å². The summed E-state index contributed by atoms with van der Waals surface area (Å²) >= 11 is 0. The third-order valence-electron chi connectivity index (χ3n) is 3.52. The zero-order valence-electron chi connectivity index (χ0n) is 11.7. The monoisotopic (exact) mass is 284 g/mol. The van der Waals surface area contributed by atoms with E-state index in [4.69, 9.17) is 5.39 Å². The lowest BCUT2D eigenvalue weighted by Crippen LogP contribution is -1.85. The van der Waals surface area contributed by atoms with Gasteiger partial charge in [-0.2, -0.15) is 0 Å². The van der Waals surface area contributed by atoms with Crippen molar-refractivity contribution in [2.24, 2.45) is 0 Å². The van der Waals surface area contributed by atoms with Gasteiger partial charge in [-0.25, -0.2) is 0 Å². The molecule has 0 unspecified atom stereocenters. The SMILES string of the molecule is N#[N+]c1cccc(-c2ccccc2-c2ccccc2)c1[N+]#N. The van der Waals surface area contributed by atoms with Gasteiger partial charge in [0.2, 0.25) is 10.8 Å². The van der Waals surface area contributed by atoms with Gasteiger partial charge >= 0.3 is 11.4 Å². The van der Waals surface area contributed by atoms with Crippen molar-refractivity contribution in [1.82, 2.24) is 0 Å². The third kappa shape index (κ3) is 2.30. The lowest BCUT2D eigenvalue weighted by atomic mass is 9.93. The van der Waals surface area contributed by atoms with Crippen LogP contribution in [-0.4, -0.2) is 0 Å².